The Morgan fingerprint density at radius 3 is 2.52 bits per heavy atom. The number of para-hydroxylation sites is 2. The molecule has 0 unspecified atom stereocenters. The number of carbonyl (C=O) groups excluding carboxylic acids is 2. The largest absolute Gasteiger partial charge is 0.492 e. The zero-order valence-corrected chi connectivity index (χ0v) is 14.6. The van der Waals surface area contributed by atoms with Crippen LogP contribution in [0.25, 0.3) is 0 Å². The Morgan fingerprint density at radius 1 is 1.22 bits per heavy atom. The summed E-state index contributed by atoms with van der Waals surface area (Å²) in [5.41, 5.74) is 0.663. The van der Waals surface area contributed by atoms with Crippen LogP contribution >= 0.6 is 0 Å². The zero-order valence-electron chi connectivity index (χ0n) is 14.6. The topological polar surface area (TPSA) is 58.6 Å². The van der Waals surface area contributed by atoms with Crippen molar-refractivity contribution >= 4 is 17.5 Å². The molecule has 0 aliphatic heterocycles. The Morgan fingerprint density at radius 2 is 1.91 bits per heavy atom. The standard InChI is InChI=1S/C18H28N2O3/c1-5-23-17-9-7-6-8-16(17)19-18(22)11-13-20(15(4)21)12-10-14(2)3/h6-9,14H,5,10-13H2,1-4H3,(H,19,22). The highest BCUT2D eigenvalue weighted by molar-refractivity contribution is 5.92. The van der Waals surface area contributed by atoms with Crippen molar-refractivity contribution in [3.05, 3.63) is 24.3 Å². The first-order chi connectivity index (χ1) is 10.9. The van der Waals surface area contributed by atoms with Gasteiger partial charge in [-0.05, 0) is 31.4 Å². The number of hydrogen-bond acceptors (Lipinski definition) is 3. The quantitative estimate of drug-likeness (QED) is 0.759. The van der Waals surface area contributed by atoms with E-state index in [1.807, 2.05) is 31.2 Å². The smallest absolute Gasteiger partial charge is 0.226 e. The Bertz CT molecular complexity index is 515. The second-order valence-corrected chi connectivity index (χ2v) is 5.92. The Balaban J connectivity index is 2.54. The first kappa shape index (κ1) is 19.0. The van der Waals surface area contributed by atoms with Gasteiger partial charge < -0.3 is 15.0 Å². The van der Waals surface area contributed by atoms with Crippen molar-refractivity contribution in [3.8, 4) is 5.75 Å². The molecule has 0 spiro atoms. The van der Waals surface area contributed by atoms with Crippen LogP contribution in [-0.2, 0) is 9.59 Å². The van der Waals surface area contributed by atoms with Crippen LogP contribution < -0.4 is 10.1 Å². The molecule has 128 valence electrons. The summed E-state index contributed by atoms with van der Waals surface area (Å²) in [5.74, 6) is 1.08. The van der Waals surface area contributed by atoms with Crippen molar-refractivity contribution in [2.45, 2.75) is 40.5 Å². The maximum absolute atomic E-state index is 12.1. The van der Waals surface area contributed by atoms with Crippen molar-refractivity contribution in [1.29, 1.82) is 0 Å². The third-order valence-corrected chi connectivity index (χ3v) is 3.49. The minimum absolute atomic E-state index is 0.00756. The van der Waals surface area contributed by atoms with Gasteiger partial charge in [0, 0.05) is 26.4 Å². The van der Waals surface area contributed by atoms with E-state index in [-0.39, 0.29) is 18.2 Å². The Hall–Kier alpha value is -2.04. The van der Waals surface area contributed by atoms with Crippen molar-refractivity contribution in [2.75, 3.05) is 25.0 Å². The maximum atomic E-state index is 12.1. The summed E-state index contributed by atoms with van der Waals surface area (Å²) >= 11 is 0. The Labute approximate surface area is 139 Å². The van der Waals surface area contributed by atoms with Crippen LogP contribution in [0.4, 0.5) is 5.69 Å². The molecule has 1 aromatic carbocycles. The van der Waals surface area contributed by atoms with Crippen LogP contribution in [0.2, 0.25) is 0 Å². The molecule has 0 saturated heterocycles. The lowest BCUT2D eigenvalue weighted by Crippen LogP contribution is -2.33. The van der Waals surface area contributed by atoms with E-state index >= 15 is 0 Å². The van der Waals surface area contributed by atoms with Gasteiger partial charge in [0.25, 0.3) is 0 Å². The molecular weight excluding hydrogens is 292 g/mol. The van der Waals surface area contributed by atoms with E-state index < -0.39 is 0 Å². The Kier molecular flexibility index (Phi) is 8.16. The van der Waals surface area contributed by atoms with E-state index in [4.69, 9.17) is 4.74 Å². The highest BCUT2D eigenvalue weighted by atomic mass is 16.5. The summed E-state index contributed by atoms with van der Waals surface area (Å²) in [5, 5.41) is 2.85. The van der Waals surface area contributed by atoms with Crippen molar-refractivity contribution in [1.82, 2.24) is 4.90 Å². The summed E-state index contributed by atoms with van der Waals surface area (Å²) in [6.45, 7) is 9.35. The number of hydrogen-bond donors (Lipinski definition) is 1. The number of carbonyl (C=O) groups is 2. The van der Waals surface area contributed by atoms with Crippen molar-refractivity contribution in [3.63, 3.8) is 0 Å². The van der Waals surface area contributed by atoms with Gasteiger partial charge in [-0.3, -0.25) is 9.59 Å². The highest BCUT2D eigenvalue weighted by Gasteiger charge is 2.13. The summed E-state index contributed by atoms with van der Waals surface area (Å²) < 4.78 is 5.49. The summed E-state index contributed by atoms with van der Waals surface area (Å²) in [6, 6.07) is 7.35. The van der Waals surface area contributed by atoms with Gasteiger partial charge in [0.2, 0.25) is 11.8 Å². The van der Waals surface area contributed by atoms with Crippen LogP contribution in [0.3, 0.4) is 0 Å². The van der Waals surface area contributed by atoms with Gasteiger partial charge in [0.15, 0.2) is 0 Å². The number of amides is 2. The van der Waals surface area contributed by atoms with Crippen LogP contribution in [0, 0.1) is 5.92 Å². The minimum Gasteiger partial charge on any atom is -0.492 e. The number of nitrogens with zero attached hydrogens (tertiary/aromatic N) is 1. The van der Waals surface area contributed by atoms with Crippen LogP contribution in [0.5, 0.6) is 5.75 Å². The second-order valence-electron chi connectivity index (χ2n) is 5.92. The summed E-state index contributed by atoms with van der Waals surface area (Å²) in [4.78, 5) is 25.5. The van der Waals surface area contributed by atoms with Crippen LogP contribution in [-0.4, -0.2) is 36.4 Å². The van der Waals surface area contributed by atoms with Crippen molar-refractivity contribution in [2.24, 2.45) is 5.92 Å². The molecule has 0 aliphatic rings. The molecule has 0 bridgehead atoms. The molecule has 1 aromatic rings. The average Bonchev–Trinajstić information content (AvgIpc) is 2.48. The number of nitrogens with one attached hydrogen (secondary N) is 1. The molecule has 0 radical (unpaired) electrons. The molecular formula is C18H28N2O3. The molecule has 5 heteroatoms. The predicted molar refractivity (Wildman–Crippen MR) is 92.6 cm³/mol. The van der Waals surface area contributed by atoms with Gasteiger partial charge in [-0.2, -0.15) is 0 Å². The third kappa shape index (κ3) is 7.17. The highest BCUT2D eigenvalue weighted by Crippen LogP contribution is 2.23. The van der Waals surface area contributed by atoms with Gasteiger partial charge in [-0.25, -0.2) is 0 Å². The maximum Gasteiger partial charge on any atom is 0.226 e. The predicted octanol–water partition coefficient (Wildman–Crippen LogP) is 3.31. The molecule has 1 rings (SSSR count). The lowest BCUT2D eigenvalue weighted by Gasteiger charge is -2.22. The van der Waals surface area contributed by atoms with E-state index in [0.717, 1.165) is 6.42 Å². The lowest BCUT2D eigenvalue weighted by molar-refractivity contribution is -0.129. The molecule has 0 aliphatic carbocycles. The molecule has 2 amide bonds. The second kappa shape index (κ2) is 9.87. The molecule has 0 aromatic heterocycles. The normalized spacial score (nSPS) is 10.5. The SMILES string of the molecule is CCOc1ccccc1NC(=O)CCN(CCC(C)C)C(C)=O. The molecule has 0 heterocycles. The van der Waals surface area contributed by atoms with Crippen LogP contribution in [0.1, 0.15) is 40.5 Å². The summed E-state index contributed by atoms with van der Waals surface area (Å²) in [7, 11) is 0. The van der Waals surface area contributed by atoms with E-state index in [2.05, 4.69) is 19.2 Å². The number of anilines is 1. The molecule has 0 fully saturated rings. The molecule has 0 atom stereocenters. The average molecular weight is 320 g/mol. The molecule has 23 heavy (non-hydrogen) atoms. The van der Waals surface area contributed by atoms with Gasteiger partial charge >= 0.3 is 0 Å². The van der Waals surface area contributed by atoms with E-state index in [9.17, 15) is 9.59 Å². The minimum atomic E-state index is -0.118. The fourth-order valence-electron chi connectivity index (χ4n) is 2.14. The molecule has 0 saturated carbocycles. The van der Waals surface area contributed by atoms with E-state index in [0.29, 0.717) is 37.1 Å². The van der Waals surface area contributed by atoms with Gasteiger partial charge in [0.1, 0.15) is 5.75 Å². The lowest BCUT2D eigenvalue weighted by atomic mass is 10.1. The van der Waals surface area contributed by atoms with E-state index in [1.165, 1.54) is 0 Å². The van der Waals surface area contributed by atoms with Crippen LogP contribution in [0.15, 0.2) is 24.3 Å². The third-order valence-electron chi connectivity index (χ3n) is 3.49. The number of ether oxygens (including phenoxy) is 1. The number of benzene rings is 1. The van der Waals surface area contributed by atoms with E-state index in [1.54, 1.807) is 11.8 Å². The van der Waals surface area contributed by atoms with Crippen molar-refractivity contribution < 1.29 is 14.3 Å². The fourth-order valence-corrected chi connectivity index (χ4v) is 2.14. The number of rotatable bonds is 9. The first-order valence-corrected chi connectivity index (χ1v) is 8.21. The zero-order chi connectivity index (χ0) is 17.2. The molecule has 5 nitrogen and oxygen atoms in total. The van der Waals surface area contributed by atoms with Gasteiger partial charge in [-0.15, -0.1) is 0 Å². The molecule has 1 N–H and O–H groups in total. The monoisotopic (exact) mass is 320 g/mol. The first-order valence-electron chi connectivity index (χ1n) is 8.21. The summed E-state index contributed by atoms with van der Waals surface area (Å²) in [6.07, 6.45) is 1.21. The fraction of sp³-hybridized carbons (Fsp3) is 0.556. The van der Waals surface area contributed by atoms with Gasteiger partial charge in [-0.1, -0.05) is 26.0 Å². The van der Waals surface area contributed by atoms with Gasteiger partial charge in [0.05, 0.1) is 12.3 Å².